The lowest BCUT2D eigenvalue weighted by Crippen LogP contribution is -2.33. The number of aromatic carboxylic acids is 1. The molecule has 0 aliphatic heterocycles. The van der Waals surface area contributed by atoms with Gasteiger partial charge >= 0.3 is 12.1 Å². The Hall–Kier alpha value is -2.18. The third-order valence-corrected chi connectivity index (χ3v) is 2.52. The number of hydrogen-bond acceptors (Lipinski definition) is 5. The van der Waals surface area contributed by atoms with Crippen molar-refractivity contribution in [1.29, 1.82) is 0 Å². The first-order valence-corrected chi connectivity index (χ1v) is 5.95. The summed E-state index contributed by atoms with van der Waals surface area (Å²) in [5, 5.41) is 9.04. The summed E-state index contributed by atoms with van der Waals surface area (Å²) in [7, 11) is 0. The van der Waals surface area contributed by atoms with Crippen molar-refractivity contribution in [2.45, 2.75) is 27.7 Å². The summed E-state index contributed by atoms with van der Waals surface area (Å²) in [6, 6.07) is 0. The molecule has 0 fully saturated rings. The number of amides is 1. The molecule has 19 heavy (non-hydrogen) atoms. The highest BCUT2D eigenvalue weighted by Crippen LogP contribution is 2.16. The van der Waals surface area contributed by atoms with E-state index in [1.807, 2.05) is 0 Å². The lowest BCUT2D eigenvalue weighted by Gasteiger charge is -2.19. The maximum absolute atomic E-state index is 11.7. The van der Waals surface area contributed by atoms with Crippen molar-refractivity contribution >= 4 is 18.0 Å². The lowest BCUT2D eigenvalue weighted by molar-refractivity contribution is 0.0694. The molecule has 1 heterocycles. The average molecular weight is 267 g/mol. The number of carbonyl (C=O) groups excluding carboxylic acids is 1. The normalized spacial score (nSPS) is 10.1. The van der Waals surface area contributed by atoms with Crippen molar-refractivity contribution in [1.82, 2.24) is 9.97 Å². The molecule has 1 aromatic heterocycles. The third-order valence-electron chi connectivity index (χ3n) is 2.52. The molecule has 1 amide bonds. The molecule has 1 N–H and O–H groups in total. The number of anilines is 1. The Morgan fingerprint density at radius 2 is 1.74 bits per heavy atom. The van der Waals surface area contributed by atoms with E-state index in [0.717, 1.165) is 0 Å². The minimum Gasteiger partial charge on any atom is -0.478 e. The van der Waals surface area contributed by atoms with Crippen LogP contribution in [-0.4, -0.2) is 40.3 Å². The van der Waals surface area contributed by atoms with Crippen LogP contribution in [0.5, 0.6) is 0 Å². The second-order valence-corrected chi connectivity index (χ2v) is 3.82. The summed E-state index contributed by atoms with van der Waals surface area (Å²) in [4.78, 5) is 32.2. The Morgan fingerprint density at radius 3 is 2.11 bits per heavy atom. The van der Waals surface area contributed by atoms with Gasteiger partial charge < -0.3 is 9.84 Å². The van der Waals surface area contributed by atoms with E-state index in [-0.39, 0.29) is 18.1 Å². The van der Waals surface area contributed by atoms with Gasteiger partial charge in [0.2, 0.25) is 5.95 Å². The van der Waals surface area contributed by atoms with Gasteiger partial charge in [0.25, 0.3) is 0 Å². The predicted molar refractivity (Wildman–Crippen MR) is 68.5 cm³/mol. The van der Waals surface area contributed by atoms with Gasteiger partial charge in [-0.15, -0.1) is 0 Å². The Morgan fingerprint density at radius 1 is 1.21 bits per heavy atom. The number of carbonyl (C=O) groups is 2. The van der Waals surface area contributed by atoms with Crippen molar-refractivity contribution in [2.24, 2.45) is 0 Å². The summed E-state index contributed by atoms with van der Waals surface area (Å²) in [6.45, 7) is 7.19. The van der Waals surface area contributed by atoms with E-state index in [2.05, 4.69) is 9.97 Å². The van der Waals surface area contributed by atoms with Gasteiger partial charge in [-0.1, -0.05) is 0 Å². The highest BCUT2D eigenvalue weighted by molar-refractivity contribution is 5.91. The smallest absolute Gasteiger partial charge is 0.416 e. The SMILES string of the molecule is CCOC(=O)N(CC)c1nc(C)c(C(=O)O)c(C)n1. The minimum atomic E-state index is -1.08. The molecule has 0 bridgehead atoms. The van der Waals surface area contributed by atoms with Crippen LogP contribution in [0.4, 0.5) is 10.7 Å². The van der Waals surface area contributed by atoms with Crippen LogP contribution >= 0.6 is 0 Å². The van der Waals surface area contributed by atoms with Crippen molar-refractivity contribution < 1.29 is 19.4 Å². The van der Waals surface area contributed by atoms with E-state index in [1.165, 1.54) is 4.90 Å². The zero-order valence-electron chi connectivity index (χ0n) is 11.4. The largest absolute Gasteiger partial charge is 0.478 e. The fraction of sp³-hybridized carbons (Fsp3) is 0.500. The zero-order chi connectivity index (χ0) is 14.6. The molecule has 7 nitrogen and oxygen atoms in total. The zero-order valence-corrected chi connectivity index (χ0v) is 11.4. The second-order valence-electron chi connectivity index (χ2n) is 3.82. The third kappa shape index (κ3) is 3.18. The lowest BCUT2D eigenvalue weighted by atomic mass is 10.2. The number of hydrogen-bond donors (Lipinski definition) is 1. The summed E-state index contributed by atoms with van der Waals surface area (Å²) < 4.78 is 4.90. The molecule has 0 saturated carbocycles. The molecule has 0 aliphatic carbocycles. The molecule has 0 unspecified atom stereocenters. The van der Waals surface area contributed by atoms with E-state index in [1.54, 1.807) is 27.7 Å². The van der Waals surface area contributed by atoms with Gasteiger partial charge in [0.05, 0.1) is 18.0 Å². The molecule has 0 aliphatic rings. The van der Waals surface area contributed by atoms with Crippen molar-refractivity contribution in [3.8, 4) is 0 Å². The van der Waals surface area contributed by atoms with E-state index in [0.29, 0.717) is 17.9 Å². The first kappa shape index (κ1) is 14.9. The first-order valence-electron chi connectivity index (χ1n) is 5.95. The number of carboxylic acid groups (broad SMARTS) is 1. The van der Waals surface area contributed by atoms with E-state index >= 15 is 0 Å². The minimum absolute atomic E-state index is 0.0589. The molecule has 0 radical (unpaired) electrons. The van der Waals surface area contributed by atoms with Crippen LogP contribution in [0, 0.1) is 13.8 Å². The van der Waals surface area contributed by atoms with Crippen LogP contribution < -0.4 is 4.90 Å². The average Bonchev–Trinajstić information content (AvgIpc) is 2.28. The number of carboxylic acids is 1. The van der Waals surface area contributed by atoms with Crippen LogP contribution in [0.1, 0.15) is 35.6 Å². The topological polar surface area (TPSA) is 92.6 Å². The van der Waals surface area contributed by atoms with E-state index in [4.69, 9.17) is 9.84 Å². The molecule has 0 spiro atoms. The Kier molecular flexibility index (Phi) is 4.80. The van der Waals surface area contributed by atoms with Gasteiger partial charge in [-0.3, -0.25) is 0 Å². The maximum Gasteiger partial charge on any atom is 0.416 e. The molecule has 0 atom stereocenters. The fourth-order valence-electron chi connectivity index (χ4n) is 1.68. The van der Waals surface area contributed by atoms with Crippen molar-refractivity contribution in [2.75, 3.05) is 18.1 Å². The van der Waals surface area contributed by atoms with Gasteiger partial charge in [0, 0.05) is 6.54 Å². The Balaban J connectivity index is 3.21. The number of nitrogens with zero attached hydrogens (tertiary/aromatic N) is 3. The Labute approximate surface area is 111 Å². The van der Waals surface area contributed by atoms with Crippen LogP contribution in [0.3, 0.4) is 0 Å². The molecule has 7 heteroatoms. The number of rotatable bonds is 4. The van der Waals surface area contributed by atoms with E-state index in [9.17, 15) is 9.59 Å². The fourth-order valence-corrected chi connectivity index (χ4v) is 1.68. The van der Waals surface area contributed by atoms with Gasteiger partial charge in [0.1, 0.15) is 5.56 Å². The predicted octanol–water partition coefficient (Wildman–Crippen LogP) is 1.77. The highest BCUT2D eigenvalue weighted by Gasteiger charge is 2.21. The molecule has 0 aromatic carbocycles. The summed E-state index contributed by atoms with van der Waals surface area (Å²) >= 11 is 0. The second kappa shape index (κ2) is 6.12. The standard InChI is InChI=1S/C12H17N3O4/c1-5-15(12(18)19-6-2)11-13-7(3)9(10(16)17)8(4)14-11/h5-6H2,1-4H3,(H,16,17). The van der Waals surface area contributed by atoms with Crippen LogP contribution in [-0.2, 0) is 4.74 Å². The molecular formula is C12H17N3O4. The van der Waals surface area contributed by atoms with Crippen molar-refractivity contribution in [3.05, 3.63) is 17.0 Å². The number of ether oxygens (including phenoxy) is 1. The van der Waals surface area contributed by atoms with Gasteiger partial charge in [-0.2, -0.15) is 0 Å². The maximum atomic E-state index is 11.7. The molecule has 1 aromatic rings. The highest BCUT2D eigenvalue weighted by atomic mass is 16.6. The van der Waals surface area contributed by atoms with Gasteiger partial charge in [0.15, 0.2) is 0 Å². The monoisotopic (exact) mass is 267 g/mol. The molecular weight excluding hydrogens is 250 g/mol. The van der Waals surface area contributed by atoms with Gasteiger partial charge in [-0.05, 0) is 27.7 Å². The summed E-state index contributed by atoms with van der Waals surface area (Å²) in [5.74, 6) is -0.929. The molecule has 104 valence electrons. The van der Waals surface area contributed by atoms with Crippen molar-refractivity contribution in [3.63, 3.8) is 0 Å². The molecule has 1 rings (SSSR count). The van der Waals surface area contributed by atoms with Crippen LogP contribution in [0.2, 0.25) is 0 Å². The van der Waals surface area contributed by atoms with E-state index < -0.39 is 12.1 Å². The summed E-state index contributed by atoms with van der Waals surface area (Å²) in [5.41, 5.74) is 0.694. The summed E-state index contributed by atoms with van der Waals surface area (Å²) in [6.07, 6.45) is -0.549. The number of aryl methyl sites for hydroxylation is 2. The van der Waals surface area contributed by atoms with Crippen LogP contribution in [0.25, 0.3) is 0 Å². The van der Waals surface area contributed by atoms with Gasteiger partial charge in [-0.25, -0.2) is 24.5 Å². The van der Waals surface area contributed by atoms with Crippen LogP contribution in [0.15, 0.2) is 0 Å². The first-order chi connectivity index (χ1) is 8.92. The number of aromatic nitrogens is 2. The molecule has 0 saturated heterocycles. The quantitative estimate of drug-likeness (QED) is 0.893. The Bertz CT molecular complexity index is 479.